The van der Waals surface area contributed by atoms with Crippen molar-refractivity contribution >= 4 is 34.0 Å². The lowest BCUT2D eigenvalue weighted by Crippen LogP contribution is -2.19. The summed E-state index contributed by atoms with van der Waals surface area (Å²) in [5.41, 5.74) is 4.53. The number of benzene rings is 3. The van der Waals surface area contributed by atoms with Crippen molar-refractivity contribution in [2.24, 2.45) is 5.10 Å². The summed E-state index contributed by atoms with van der Waals surface area (Å²) in [6.45, 7) is 2.24. The summed E-state index contributed by atoms with van der Waals surface area (Å²) in [6, 6.07) is 21.4. The first-order chi connectivity index (χ1) is 15.0. The minimum atomic E-state index is -0.483. The maximum Gasteiger partial charge on any atom is 0.343 e. The Kier molecular flexibility index (Phi) is 7.95. The Labute approximate surface area is 189 Å². The smallest absolute Gasteiger partial charge is 0.343 e. The van der Waals surface area contributed by atoms with Crippen molar-refractivity contribution in [2.45, 2.75) is 13.3 Å². The minimum Gasteiger partial charge on any atom is -0.490 e. The lowest BCUT2D eigenvalue weighted by molar-refractivity contribution is -0.120. The van der Waals surface area contributed by atoms with Gasteiger partial charge in [-0.25, -0.2) is 10.2 Å². The molecule has 0 heterocycles. The fourth-order valence-corrected chi connectivity index (χ4v) is 2.97. The van der Waals surface area contributed by atoms with Gasteiger partial charge in [0, 0.05) is 4.47 Å². The van der Waals surface area contributed by atoms with E-state index in [4.69, 9.17) is 9.47 Å². The zero-order chi connectivity index (χ0) is 22.1. The van der Waals surface area contributed by atoms with E-state index in [2.05, 4.69) is 26.5 Å². The zero-order valence-corrected chi connectivity index (χ0v) is 18.5. The molecule has 3 aromatic rings. The molecule has 0 saturated heterocycles. The average Bonchev–Trinajstić information content (AvgIpc) is 2.77. The third-order valence-electron chi connectivity index (χ3n) is 4.16. The molecular formula is C24H21BrN2O4. The molecule has 3 rings (SSSR count). The topological polar surface area (TPSA) is 77.0 Å². The van der Waals surface area contributed by atoms with Crippen molar-refractivity contribution in [3.63, 3.8) is 0 Å². The third kappa shape index (κ3) is 6.79. The van der Waals surface area contributed by atoms with Gasteiger partial charge in [0.2, 0.25) is 5.91 Å². The van der Waals surface area contributed by atoms with E-state index in [1.54, 1.807) is 42.5 Å². The van der Waals surface area contributed by atoms with E-state index in [9.17, 15) is 9.59 Å². The number of carbonyl (C=O) groups excluding carboxylic acids is 2. The zero-order valence-electron chi connectivity index (χ0n) is 16.9. The van der Waals surface area contributed by atoms with Gasteiger partial charge >= 0.3 is 5.97 Å². The molecule has 3 aromatic carbocycles. The first kappa shape index (κ1) is 22.2. The Bertz CT molecular complexity index is 1070. The summed E-state index contributed by atoms with van der Waals surface area (Å²) in [5, 5.41) is 3.99. The van der Waals surface area contributed by atoms with Crippen LogP contribution in [-0.2, 0) is 11.2 Å². The molecule has 158 valence electrons. The van der Waals surface area contributed by atoms with E-state index >= 15 is 0 Å². The Balaban J connectivity index is 1.65. The van der Waals surface area contributed by atoms with Gasteiger partial charge < -0.3 is 9.47 Å². The number of halogens is 1. The summed E-state index contributed by atoms with van der Waals surface area (Å²) < 4.78 is 12.0. The van der Waals surface area contributed by atoms with Crippen LogP contribution in [0.2, 0.25) is 0 Å². The van der Waals surface area contributed by atoms with Gasteiger partial charge in [0.25, 0.3) is 0 Å². The van der Waals surface area contributed by atoms with Crippen LogP contribution < -0.4 is 14.9 Å². The van der Waals surface area contributed by atoms with Crippen LogP contribution in [0.3, 0.4) is 0 Å². The van der Waals surface area contributed by atoms with Crippen LogP contribution >= 0.6 is 15.9 Å². The van der Waals surface area contributed by atoms with E-state index in [0.29, 0.717) is 29.2 Å². The summed E-state index contributed by atoms with van der Waals surface area (Å²) >= 11 is 3.34. The predicted molar refractivity (Wildman–Crippen MR) is 123 cm³/mol. The molecule has 0 aliphatic carbocycles. The number of amides is 1. The Morgan fingerprint density at radius 2 is 1.74 bits per heavy atom. The molecule has 0 aliphatic heterocycles. The molecule has 0 unspecified atom stereocenters. The van der Waals surface area contributed by atoms with Crippen molar-refractivity contribution in [1.82, 2.24) is 5.43 Å². The molecule has 31 heavy (non-hydrogen) atoms. The molecule has 0 atom stereocenters. The SMILES string of the molecule is CCOc1cc(/C=N\NC(=O)Cc2ccccc2)ccc1OC(=O)c1ccc(Br)cc1. The van der Waals surface area contributed by atoms with Crippen LogP contribution in [0, 0.1) is 0 Å². The van der Waals surface area contributed by atoms with Gasteiger partial charge in [0.1, 0.15) is 0 Å². The van der Waals surface area contributed by atoms with Crippen LogP contribution in [0.15, 0.2) is 82.4 Å². The number of esters is 1. The maximum absolute atomic E-state index is 12.4. The number of nitrogens with zero attached hydrogens (tertiary/aromatic N) is 1. The van der Waals surface area contributed by atoms with Crippen LogP contribution in [0.5, 0.6) is 11.5 Å². The van der Waals surface area contributed by atoms with Crippen LogP contribution in [0.1, 0.15) is 28.4 Å². The fourth-order valence-electron chi connectivity index (χ4n) is 2.70. The molecule has 0 spiro atoms. The average molecular weight is 481 g/mol. The Hall–Kier alpha value is -3.45. The summed E-state index contributed by atoms with van der Waals surface area (Å²) in [4.78, 5) is 24.4. The molecule has 7 heteroatoms. The summed E-state index contributed by atoms with van der Waals surface area (Å²) in [6.07, 6.45) is 1.75. The van der Waals surface area contributed by atoms with Gasteiger partial charge in [0.05, 0.1) is 24.8 Å². The molecule has 0 aliphatic rings. The second-order valence-corrected chi connectivity index (χ2v) is 7.41. The first-order valence-corrected chi connectivity index (χ1v) is 10.4. The highest BCUT2D eigenvalue weighted by atomic mass is 79.9. The van der Waals surface area contributed by atoms with Gasteiger partial charge in [-0.05, 0) is 60.5 Å². The number of nitrogens with one attached hydrogen (secondary N) is 1. The predicted octanol–water partition coefficient (Wildman–Crippen LogP) is 4.76. The summed E-state index contributed by atoms with van der Waals surface area (Å²) in [7, 11) is 0. The van der Waals surface area contributed by atoms with Gasteiger partial charge in [-0.1, -0.05) is 46.3 Å². The Morgan fingerprint density at radius 3 is 2.45 bits per heavy atom. The van der Waals surface area contributed by atoms with E-state index in [-0.39, 0.29) is 12.3 Å². The number of carbonyl (C=O) groups is 2. The normalized spacial score (nSPS) is 10.6. The highest BCUT2D eigenvalue weighted by Crippen LogP contribution is 2.29. The molecule has 6 nitrogen and oxygen atoms in total. The number of hydrazone groups is 1. The summed E-state index contributed by atoms with van der Waals surface area (Å²) in [5.74, 6) is 0.0168. The molecule has 1 amide bonds. The van der Waals surface area contributed by atoms with Gasteiger partial charge in [0.15, 0.2) is 11.5 Å². The van der Waals surface area contributed by atoms with Gasteiger partial charge in [-0.2, -0.15) is 5.10 Å². The second kappa shape index (κ2) is 11.1. The molecule has 0 aromatic heterocycles. The highest BCUT2D eigenvalue weighted by Gasteiger charge is 2.13. The van der Waals surface area contributed by atoms with Crippen molar-refractivity contribution in [3.8, 4) is 11.5 Å². The van der Waals surface area contributed by atoms with Gasteiger partial charge in [-0.15, -0.1) is 0 Å². The van der Waals surface area contributed by atoms with Crippen molar-refractivity contribution in [2.75, 3.05) is 6.61 Å². The molecule has 0 radical (unpaired) electrons. The number of rotatable bonds is 8. The molecule has 0 saturated carbocycles. The van der Waals surface area contributed by atoms with Gasteiger partial charge in [-0.3, -0.25) is 4.79 Å². The number of hydrogen-bond donors (Lipinski definition) is 1. The molecule has 1 N–H and O–H groups in total. The monoisotopic (exact) mass is 480 g/mol. The van der Waals surface area contributed by atoms with Crippen LogP contribution in [0.4, 0.5) is 0 Å². The second-order valence-electron chi connectivity index (χ2n) is 6.49. The molecule has 0 bridgehead atoms. The molecular weight excluding hydrogens is 460 g/mol. The number of hydrogen-bond acceptors (Lipinski definition) is 5. The highest BCUT2D eigenvalue weighted by molar-refractivity contribution is 9.10. The largest absolute Gasteiger partial charge is 0.490 e. The minimum absolute atomic E-state index is 0.215. The van der Waals surface area contributed by atoms with E-state index in [1.165, 1.54) is 6.21 Å². The van der Waals surface area contributed by atoms with Crippen molar-refractivity contribution in [1.29, 1.82) is 0 Å². The molecule has 0 fully saturated rings. The lowest BCUT2D eigenvalue weighted by atomic mass is 10.1. The van der Waals surface area contributed by atoms with E-state index < -0.39 is 5.97 Å². The number of ether oxygens (including phenoxy) is 2. The first-order valence-electron chi connectivity index (χ1n) is 9.65. The van der Waals surface area contributed by atoms with Crippen LogP contribution in [-0.4, -0.2) is 24.7 Å². The van der Waals surface area contributed by atoms with E-state index in [1.807, 2.05) is 37.3 Å². The third-order valence-corrected chi connectivity index (χ3v) is 4.69. The fraction of sp³-hybridized carbons (Fsp3) is 0.125. The van der Waals surface area contributed by atoms with Crippen LogP contribution in [0.25, 0.3) is 0 Å². The Morgan fingerprint density at radius 1 is 1.00 bits per heavy atom. The maximum atomic E-state index is 12.4. The van der Waals surface area contributed by atoms with Crippen molar-refractivity contribution in [3.05, 3.63) is 94.0 Å². The quantitative estimate of drug-likeness (QED) is 0.218. The standard InChI is InChI=1S/C24H21BrN2O4/c1-2-30-22-14-18(16-26-27-23(28)15-17-6-4-3-5-7-17)8-13-21(22)31-24(29)19-9-11-20(25)12-10-19/h3-14,16H,2,15H2,1H3,(H,27,28)/b26-16-. The van der Waals surface area contributed by atoms with Crippen molar-refractivity contribution < 1.29 is 19.1 Å². The lowest BCUT2D eigenvalue weighted by Gasteiger charge is -2.11. The van der Waals surface area contributed by atoms with E-state index in [0.717, 1.165) is 10.0 Å².